The van der Waals surface area contributed by atoms with E-state index in [4.69, 9.17) is 4.74 Å². The first-order valence-electron chi connectivity index (χ1n) is 9.38. The average molecular weight is 354 g/mol. The quantitative estimate of drug-likeness (QED) is 0.571. The van der Waals surface area contributed by atoms with Gasteiger partial charge in [0.15, 0.2) is 0 Å². The van der Waals surface area contributed by atoms with Gasteiger partial charge in [-0.2, -0.15) is 0 Å². The van der Waals surface area contributed by atoms with Gasteiger partial charge in [-0.15, -0.1) is 0 Å². The molecule has 1 N–H and O–H groups in total. The largest absolute Gasteiger partial charge is 0.860 e. The highest BCUT2D eigenvalue weighted by molar-refractivity contribution is 5.58. The van der Waals surface area contributed by atoms with Gasteiger partial charge in [0.2, 0.25) is 0 Å². The Morgan fingerprint density at radius 3 is 2.54 bits per heavy atom. The van der Waals surface area contributed by atoms with Crippen molar-refractivity contribution in [2.45, 2.75) is 12.8 Å². The van der Waals surface area contributed by atoms with E-state index in [1.54, 1.807) is 7.11 Å². The van der Waals surface area contributed by atoms with Crippen molar-refractivity contribution < 1.29 is 9.84 Å². The van der Waals surface area contributed by atoms with Crippen LogP contribution in [-0.2, 0) is 0 Å². The zero-order chi connectivity index (χ0) is 18.2. The molecule has 0 bridgehead atoms. The molecule has 140 valence electrons. The number of benzene rings is 1. The van der Waals surface area contributed by atoms with Crippen LogP contribution in [0, 0.1) is 0 Å². The highest BCUT2D eigenvalue weighted by Crippen LogP contribution is 2.28. The molecule has 0 atom stereocenters. The lowest BCUT2D eigenvalue weighted by atomic mass is 10.2. The third kappa shape index (κ3) is 4.82. The molecule has 1 fully saturated rings. The summed E-state index contributed by atoms with van der Waals surface area (Å²) in [6, 6.07) is 8.22. The van der Waals surface area contributed by atoms with Gasteiger partial charge in [0.25, 0.3) is 0 Å². The molecule has 1 aromatic carbocycles. The van der Waals surface area contributed by atoms with Crippen LogP contribution in [0.2, 0.25) is 0 Å². The maximum Gasteiger partial charge on any atom is 0.142 e. The molecule has 5 nitrogen and oxygen atoms in total. The molecule has 5 heteroatoms. The van der Waals surface area contributed by atoms with Crippen molar-refractivity contribution in [3.63, 3.8) is 0 Å². The third-order valence-corrected chi connectivity index (χ3v) is 4.91. The Morgan fingerprint density at radius 2 is 1.81 bits per heavy atom. The molecule has 1 saturated heterocycles. The van der Waals surface area contributed by atoms with Gasteiger partial charge in [-0.3, -0.25) is 4.90 Å². The average Bonchev–Trinajstić information content (AvgIpc) is 3.23. The first-order chi connectivity index (χ1) is 12.8. The van der Waals surface area contributed by atoms with Crippen molar-refractivity contribution in [1.82, 2.24) is 10.2 Å². The van der Waals surface area contributed by atoms with E-state index in [9.17, 15) is 5.11 Å². The number of rotatable bonds is 8. The van der Waals surface area contributed by atoms with E-state index in [2.05, 4.69) is 27.2 Å². The second kappa shape index (κ2) is 9.34. The van der Waals surface area contributed by atoms with Crippen LogP contribution in [0.3, 0.4) is 0 Å². The molecule has 1 aliphatic carbocycles. The standard InChI is InChI=1S/C21H29N3O2/c1-26-20-11-5-4-10-19(20)24-16-14-23(15-17-24)13-7-6-12-22-21(25)18-8-2-3-9-18/h2-5,8-11,22,25H,6-7,12-17H2,1H3/p-1. The third-order valence-electron chi connectivity index (χ3n) is 4.91. The minimum atomic E-state index is 0.0282. The number of nitrogens with zero attached hydrogens (tertiary/aromatic N) is 2. The van der Waals surface area contributed by atoms with Gasteiger partial charge < -0.3 is 20.1 Å². The van der Waals surface area contributed by atoms with Gasteiger partial charge in [0.05, 0.1) is 12.8 Å². The summed E-state index contributed by atoms with van der Waals surface area (Å²) in [5.41, 5.74) is 1.93. The van der Waals surface area contributed by atoms with E-state index in [1.165, 1.54) is 5.69 Å². The molecule has 0 saturated carbocycles. The van der Waals surface area contributed by atoms with E-state index < -0.39 is 0 Å². The van der Waals surface area contributed by atoms with Gasteiger partial charge in [-0.05, 0) is 43.0 Å². The number of hydrogen-bond donors (Lipinski definition) is 1. The maximum absolute atomic E-state index is 11.9. The van der Waals surface area contributed by atoms with Gasteiger partial charge in [0, 0.05) is 32.7 Å². The van der Waals surface area contributed by atoms with Gasteiger partial charge in [-0.25, -0.2) is 0 Å². The number of allylic oxidation sites excluding steroid dienone is 5. The minimum Gasteiger partial charge on any atom is -0.860 e. The summed E-state index contributed by atoms with van der Waals surface area (Å²) in [5.74, 6) is 0.974. The van der Waals surface area contributed by atoms with E-state index >= 15 is 0 Å². The van der Waals surface area contributed by atoms with Gasteiger partial charge in [-0.1, -0.05) is 36.4 Å². The van der Waals surface area contributed by atoms with Gasteiger partial charge >= 0.3 is 0 Å². The SMILES string of the molecule is COc1ccccc1N1CCN(CCCCNC([O-])=C2C=CC=C2)CC1. The van der Waals surface area contributed by atoms with E-state index in [0.717, 1.165) is 63.4 Å². The zero-order valence-electron chi connectivity index (χ0n) is 15.5. The summed E-state index contributed by atoms with van der Waals surface area (Å²) < 4.78 is 5.47. The van der Waals surface area contributed by atoms with E-state index in [1.807, 2.05) is 36.4 Å². The van der Waals surface area contributed by atoms with Crippen LogP contribution in [0.15, 0.2) is 60.0 Å². The lowest BCUT2D eigenvalue weighted by molar-refractivity contribution is -0.312. The van der Waals surface area contributed by atoms with Crippen LogP contribution < -0.4 is 20.1 Å². The minimum absolute atomic E-state index is 0.0282. The predicted molar refractivity (Wildman–Crippen MR) is 104 cm³/mol. The molecule has 1 aromatic rings. The van der Waals surface area contributed by atoms with Crippen molar-refractivity contribution in [3.8, 4) is 5.75 Å². The second-order valence-electron chi connectivity index (χ2n) is 6.64. The second-order valence-corrected chi connectivity index (χ2v) is 6.64. The topological polar surface area (TPSA) is 50.8 Å². The lowest BCUT2D eigenvalue weighted by Crippen LogP contribution is -2.46. The summed E-state index contributed by atoms with van der Waals surface area (Å²) >= 11 is 0. The number of hydrogen-bond acceptors (Lipinski definition) is 5. The number of para-hydroxylation sites is 2. The monoisotopic (exact) mass is 354 g/mol. The molecule has 1 aliphatic heterocycles. The molecule has 26 heavy (non-hydrogen) atoms. The fourth-order valence-corrected chi connectivity index (χ4v) is 3.39. The Bertz CT molecular complexity index is 660. The molecule has 0 unspecified atom stereocenters. The van der Waals surface area contributed by atoms with Crippen LogP contribution in [-0.4, -0.2) is 51.3 Å². The number of anilines is 1. The summed E-state index contributed by atoms with van der Waals surface area (Å²) in [5, 5.41) is 14.8. The molecule has 0 spiro atoms. The van der Waals surface area contributed by atoms with Crippen molar-refractivity contribution in [2.24, 2.45) is 0 Å². The smallest absolute Gasteiger partial charge is 0.142 e. The molecule has 3 rings (SSSR count). The van der Waals surface area contributed by atoms with Crippen molar-refractivity contribution in [1.29, 1.82) is 0 Å². The zero-order valence-corrected chi connectivity index (χ0v) is 15.5. The normalized spacial score (nSPS) is 17.0. The Hall–Kier alpha value is -2.40. The summed E-state index contributed by atoms with van der Waals surface area (Å²) in [6.07, 6.45) is 9.58. The summed E-state index contributed by atoms with van der Waals surface area (Å²) in [6.45, 7) is 6.01. The number of ether oxygens (including phenoxy) is 1. The van der Waals surface area contributed by atoms with Crippen LogP contribution in [0.1, 0.15) is 12.8 Å². The van der Waals surface area contributed by atoms with Gasteiger partial charge in [0.1, 0.15) is 5.75 Å². The van der Waals surface area contributed by atoms with E-state index in [0.29, 0.717) is 0 Å². The highest BCUT2D eigenvalue weighted by Gasteiger charge is 2.18. The first kappa shape index (κ1) is 18.4. The number of piperazine rings is 1. The Kier molecular flexibility index (Phi) is 6.61. The van der Waals surface area contributed by atoms with Crippen LogP contribution in [0.4, 0.5) is 5.69 Å². The van der Waals surface area contributed by atoms with Crippen molar-refractivity contribution in [3.05, 3.63) is 60.0 Å². The Labute approximate surface area is 156 Å². The van der Waals surface area contributed by atoms with E-state index in [-0.39, 0.29) is 5.88 Å². The highest BCUT2D eigenvalue weighted by atomic mass is 16.5. The van der Waals surface area contributed by atoms with Crippen molar-refractivity contribution in [2.75, 3.05) is 51.3 Å². The first-order valence-corrected chi connectivity index (χ1v) is 9.38. The maximum atomic E-state index is 11.9. The molecular formula is C21H28N3O2-. The fourth-order valence-electron chi connectivity index (χ4n) is 3.39. The fraction of sp³-hybridized carbons (Fsp3) is 0.429. The van der Waals surface area contributed by atoms with Crippen LogP contribution in [0.5, 0.6) is 5.75 Å². The molecule has 0 radical (unpaired) electrons. The molecule has 0 amide bonds. The van der Waals surface area contributed by atoms with Crippen LogP contribution >= 0.6 is 0 Å². The Morgan fingerprint density at radius 1 is 1.08 bits per heavy atom. The number of methoxy groups -OCH3 is 1. The molecular weight excluding hydrogens is 326 g/mol. The predicted octanol–water partition coefficient (Wildman–Crippen LogP) is 1.88. The summed E-state index contributed by atoms with van der Waals surface area (Å²) in [7, 11) is 1.73. The molecule has 0 aromatic heterocycles. The number of unbranched alkanes of at least 4 members (excludes halogenated alkanes) is 1. The summed E-state index contributed by atoms with van der Waals surface area (Å²) in [4.78, 5) is 4.90. The number of nitrogens with one attached hydrogen (secondary N) is 1. The van der Waals surface area contributed by atoms with Crippen molar-refractivity contribution >= 4 is 5.69 Å². The van der Waals surface area contributed by atoms with Crippen LogP contribution in [0.25, 0.3) is 0 Å². The Balaban J connectivity index is 1.34. The molecule has 1 heterocycles. The lowest BCUT2D eigenvalue weighted by Gasteiger charge is -2.36. The molecule has 2 aliphatic rings.